The maximum atomic E-state index is 10.8. The van der Waals surface area contributed by atoms with Crippen LogP contribution in [0.5, 0.6) is 5.75 Å². The summed E-state index contributed by atoms with van der Waals surface area (Å²) in [6.45, 7) is 0. The van der Waals surface area contributed by atoms with Crippen molar-refractivity contribution in [1.82, 2.24) is 0 Å². The molecule has 1 N–H and O–H groups in total. The van der Waals surface area contributed by atoms with Gasteiger partial charge in [-0.1, -0.05) is 0 Å². The molecule has 0 aromatic heterocycles. The van der Waals surface area contributed by atoms with Gasteiger partial charge in [-0.25, -0.2) is 4.79 Å². The second kappa shape index (κ2) is 8.44. The van der Waals surface area contributed by atoms with Crippen LogP contribution in [-0.4, -0.2) is 99.1 Å². The van der Waals surface area contributed by atoms with Gasteiger partial charge in [0.25, 0.3) is 0 Å². The van der Waals surface area contributed by atoms with Crippen molar-refractivity contribution in [2.75, 3.05) is 7.11 Å². The second-order valence-electron chi connectivity index (χ2n) is 2.04. The van der Waals surface area contributed by atoms with Crippen LogP contribution in [0.3, 0.4) is 0 Å². The number of aromatic hydroxyl groups is 1. The first-order valence-corrected chi connectivity index (χ1v) is 3.11. The van der Waals surface area contributed by atoms with Crippen LogP contribution >= 0.6 is 0 Å². The van der Waals surface area contributed by atoms with Crippen LogP contribution in [-0.2, 0) is 4.74 Å². The predicted octanol–water partition coefficient (Wildman–Crippen LogP) is 0.417. The third kappa shape index (κ3) is 5.54. The minimum atomic E-state index is -0.398. The summed E-state index contributed by atoms with van der Waals surface area (Å²) >= 11 is 0. The summed E-state index contributed by atoms with van der Waals surface area (Å²) in [5.41, 5.74) is 0.435. The summed E-state index contributed by atoms with van der Waals surface area (Å²) in [5, 5.41) is 8.86. The Labute approximate surface area is 142 Å². The Hall–Kier alpha value is 1.13. The molecule has 3 nitrogen and oxygen atoms in total. The summed E-state index contributed by atoms with van der Waals surface area (Å²) in [7, 11) is 1.31. The zero-order valence-corrected chi connectivity index (χ0v) is 13.2. The number of benzene rings is 1. The number of phenolic OH excluding ortho intramolecular Hbond substituents is 1. The maximum absolute atomic E-state index is 10.8. The molecule has 60 valence electrons. The van der Waals surface area contributed by atoms with Gasteiger partial charge in [-0.15, -0.1) is 0 Å². The number of rotatable bonds is 1. The Morgan fingerprint density at radius 3 is 2.15 bits per heavy atom. The first kappa shape index (κ1) is 16.6. The fourth-order valence-electron chi connectivity index (χ4n) is 0.715. The molecule has 0 saturated carbocycles. The molecule has 0 amide bonds. The zero-order valence-electron chi connectivity index (χ0n) is 8.07. The average Bonchev–Trinajstić information content (AvgIpc) is 2.05. The van der Waals surface area contributed by atoms with Gasteiger partial charge in [-0.3, -0.25) is 0 Å². The molecule has 2 radical (unpaired) electrons. The van der Waals surface area contributed by atoms with E-state index in [1.165, 1.54) is 31.4 Å². The van der Waals surface area contributed by atoms with Crippen LogP contribution in [0.1, 0.15) is 10.4 Å². The van der Waals surface area contributed by atoms with Gasteiger partial charge in [0.2, 0.25) is 0 Å². The van der Waals surface area contributed by atoms with E-state index in [9.17, 15) is 4.79 Å². The summed E-state index contributed by atoms with van der Waals surface area (Å²) in [6.07, 6.45) is 0. The number of methoxy groups -OCH3 is 1. The summed E-state index contributed by atoms with van der Waals surface area (Å²) < 4.78 is 4.46. The Morgan fingerprint density at radius 2 is 1.77 bits per heavy atom. The molecule has 0 bridgehead atoms. The maximum Gasteiger partial charge on any atom is 0.337 e. The molecule has 1 aromatic rings. The molecule has 0 unspecified atom stereocenters. The van der Waals surface area contributed by atoms with Crippen molar-refractivity contribution in [3.05, 3.63) is 29.8 Å². The predicted molar refractivity (Wildman–Crippen MR) is 51.0 cm³/mol. The smallest absolute Gasteiger partial charge is 0.337 e. The molecule has 0 fully saturated rings. The molecule has 0 saturated heterocycles. The summed E-state index contributed by atoms with van der Waals surface area (Å²) in [6, 6.07) is 5.88. The number of ether oxygens (including phenoxy) is 1. The van der Waals surface area contributed by atoms with E-state index in [4.69, 9.17) is 5.11 Å². The van der Waals surface area contributed by atoms with E-state index in [2.05, 4.69) is 4.74 Å². The molecule has 0 aliphatic carbocycles. The van der Waals surface area contributed by atoms with Crippen molar-refractivity contribution in [2.45, 2.75) is 0 Å². The number of phenols is 1. The number of carbonyl (C=O) groups excluding carboxylic acids is 1. The van der Waals surface area contributed by atoms with Crippen LogP contribution in [0.4, 0.5) is 0 Å². The third-order valence-electron chi connectivity index (χ3n) is 1.29. The number of esters is 1. The SMILES string of the molecule is COC(=O)c1ccc(O)cc1.[K].[Na]. The van der Waals surface area contributed by atoms with Gasteiger partial charge in [0.05, 0.1) is 12.7 Å². The van der Waals surface area contributed by atoms with E-state index in [1.54, 1.807) is 0 Å². The second-order valence-corrected chi connectivity index (χ2v) is 2.04. The van der Waals surface area contributed by atoms with Gasteiger partial charge in [-0.05, 0) is 24.3 Å². The fourth-order valence-corrected chi connectivity index (χ4v) is 0.715. The molecule has 0 atom stereocenters. The fraction of sp³-hybridized carbons (Fsp3) is 0.125. The van der Waals surface area contributed by atoms with Crippen LogP contribution in [0, 0.1) is 0 Å². The van der Waals surface area contributed by atoms with Crippen LogP contribution in [0.2, 0.25) is 0 Å². The van der Waals surface area contributed by atoms with E-state index in [0.717, 1.165) is 0 Å². The standard InChI is InChI=1S/C8H8O3.K.Na/c1-11-8(10)6-2-4-7(9)5-3-6;;/h2-5,9H,1H3;;. The van der Waals surface area contributed by atoms with Gasteiger partial charge < -0.3 is 9.84 Å². The minimum Gasteiger partial charge on any atom is -0.508 e. The molecular formula is C8H8KNaO3. The topological polar surface area (TPSA) is 46.5 Å². The first-order valence-electron chi connectivity index (χ1n) is 3.11. The molecular weight excluding hydrogens is 206 g/mol. The van der Waals surface area contributed by atoms with Crippen LogP contribution in [0.15, 0.2) is 24.3 Å². The number of carbonyl (C=O) groups is 1. The average molecular weight is 214 g/mol. The van der Waals surface area contributed by atoms with E-state index in [0.29, 0.717) is 5.56 Å². The van der Waals surface area contributed by atoms with Crippen LogP contribution < -0.4 is 0 Å². The third-order valence-corrected chi connectivity index (χ3v) is 1.29. The van der Waals surface area contributed by atoms with Crippen LogP contribution in [0.25, 0.3) is 0 Å². The van der Waals surface area contributed by atoms with Crippen molar-refractivity contribution >= 4 is 86.9 Å². The molecule has 0 aliphatic rings. The van der Waals surface area contributed by atoms with E-state index < -0.39 is 5.97 Å². The molecule has 0 spiro atoms. The first-order chi connectivity index (χ1) is 5.24. The molecule has 13 heavy (non-hydrogen) atoms. The Balaban J connectivity index is 0. The Kier molecular flexibility index (Phi) is 10.7. The van der Waals surface area contributed by atoms with E-state index >= 15 is 0 Å². The zero-order chi connectivity index (χ0) is 8.27. The quantitative estimate of drug-likeness (QED) is 0.544. The number of hydrogen-bond acceptors (Lipinski definition) is 3. The van der Waals surface area contributed by atoms with Gasteiger partial charge in [-0.2, -0.15) is 0 Å². The largest absolute Gasteiger partial charge is 0.508 e. The Morgan fingerprint density at radius 1 is 1.31 bits per heavy atom. The van der Waals surface area contributed by atoms with Crippen molar-refractivity contribution in [3.63, 3.8) is 0 Å². The van der Waals surface area contributed by atoms with Gasteiger partial charge >= 0.3 is 5.97 Å². The van der Waals surface area contributed by atoms with Crippen molar-refractivity contribution in [3.8, 4) is 5.75 Å². The monoisotopic (exact) mass is 214 g/mol. The van der Waals surface area contributed by atoms with Gasteiger partial charge in [0.15, 0.2) is 0 Å². The molecule has 5 heteroatoms. The van der Waals surface area contributed by atoms with E-state index in [-0.39, 0.29) is 86.7 Å². The van der Waals surface area contributed by atoms with E-state index in [1.807, 2.05) is 0 Å². The normalized spacial score (nSPS) is 7.77. The molecule has 0 aliphatic heterocycles. The van der Waals surface area contributed by atoms with Crippen molar-refractivity contribution < 1.29 is 14.6 Å². The van der Waals surface area contributed by atoms with Gasteiger partial charge in [0, 0.05) is 80.9 Å². The molecule has 1 aromatic carbocycles. The summed E-state index contributed by atoms with van der Waals surface area (Å²) in [4.78, 5) is 10.8. The van der Waals surface area contributed by atoms with Crippen molar-refractivity contribution in [2.24, 2.45) is 0 Å². The Bertz CT molecular complexity index is 261. The van der Waals surface area contributed by atoms with Gasteiger partial charge in [0.1, 0.15) is 5.75 Å². The summed E-state index contributed by atoms with van der Waals surface area (Å²) in [5.74, 6) is -0.261. The molecule has 1 rings (SSSR count). The molecule has 0 heterocycles. The minimum absolute atomic E-state index is 0. The van der Waals surface area contributed by atoms with Crippen molar-refractivity contribution in [1.29, 1.82) is 0 Å². The number of hydrogen-bond donors (Lipinski definition) is 1.